The minimum atomic E-state index is -0.916. The van der Waals surface area contributed by atoms with E-state index in [0.717, 1.165) is 11.1 Å². The second-order valence-corrected chi connectivity index (χ2v) is 5.19. The molecular weight excluding hydrogens is 230 g/mol. The summed E-state index contributed by atoms with van der Waals surface area (Å²) in [6, 6.07) is 5.11. The first-order valence-corrected chi connectivity index (χ1v) is 6.26. The van der Waals surface area contributed by atoms with Gasteiger partial charge in [0.2, 0.25) is 5.91 Å². The van der Waals surface area contributed by atoms with E-state index >= 15 is 0 Å². The zero-order valence-corrected chi connectivity index (χ0v) is 10.1. The van der Waals surface area contributed by atoms with E-state index in [-0.39, 0.29) is 5.91 Å². The lowest BCUT2D eigenvalue weighted by Crippen LogP contribution is -2.25. The molecule has 0 spiro atoms. The van der Waals surface area contributed by atoms with Gasteiger partial charge in [0.25, 0.3) is 0 Å². The summed E-state index contributed by atoms with van der Waals surface area (Å²) in [5.74, 6) is -0.123. The van der Waals surface area contributed by atoms with Crippen LogP contribution >= 0.6 is 0 Å². The number of aromatic carboxylic acids is 1. The lowest BCUT2D eigenvalue weighted by atomic mass is 10.1. The molecule has 1 aliphatic carbocycles. The third kappa shape index (κ3) is 2.10. The van der Waals surface area contributed by atoms with Crippen molar-refractivity contribution in [3.8, 4) is 0 Å². The molecule has 1 amide bonds. The van der Waals surface area contributed by atoms with Gasteiger partial charge in [0.1, 0.15) is 0 Å². The van der Waals surface area contributed by atoms with E-state index in [1.807, 2.05) is 11.0 Å². The molecule has 0 aromatic heterocycles. The van der Waals surface area contributed by atoms with Crippen molar-refractivity contribution in [2.75, 3.05) is 0 Å². The molecule has 0 saturated heterocycles. The van der Waals surface area contributed by atoms with Gasteiger partial charge in [-0.1, -0.05) is 6.07 Å². The summed E-state index contributed by atoms with van der Waals surface area (Å²) < 4.78 is 0. The van der Waals surface area contributed by atoms with Crippen LogP contribution in [0.25, 0.3) is 0 Å². The summed E-state index contributed by atoms with van der Waals surface area (Å²) in [4.78, 5) is 24.7. The molecule has 0 unspecified atom stereocenters. The van der Waals surface area contributed by atoms with Gasteiger partial charge >= 0.3 is 5.97 Å². The summed E-state index contributed by atoms with van der Waals surface area (Å²) in [5.41, 5.74) is 2.34. The van der Waals surface area contributed by atoms with Crippen molar-refractivity contribution in [2.45, 2.75) is 32.4 Å². The number of carbonyl (C=O) groups excluding carboxylic acids is 1. The number of benzene rings is 1. The zero-order valence-electron chi connectivity index (χ0n) is 10.1. The zero-order chi connectivity index (χ0) is 12.7. The number of rotatable bonds is 3. The summed E-state index contributed by atoms with van der Waals surface area (Å²) in [6.45, 7) is 1.18. The highest BCUT2D eigenvalue weighted by Gasteiger charge is 2.29. The third-order valence-electron chi connectivity index (χ3n) is 3.69. The van der Waals surface area contributed by atoms with E-state index < -0.39 is 5.97 Å². The van der Waals surface area contributed by atoms with Gasteiger partial charge in [-0.25, -0.2) is 4.79 Å². The Hall–Kier alpha value is -1.84. The van der Waals surface area contributed by atoms with Crippen molar-refractivity contribution in [1.82, 2.24) is 4.90 Å². The Kier molecular flexibility index (Phi) is 2.58. The largest absolute Gasteiger partial charge is 0.478 e. The molecule has 2 aliphatic rings. The van der Waals surface area contributed by atoms with E-state index in [1.165, 1.54) is 12.8 Å². The smallest absolute Gasteiger partial charge is 0.335 e. The average molecular weight is 245 g/mol. The second-order valence-electron chi connectivity index (χ2n) is 5.19. The van der Waals surface area contributed by atoms with Gasteiger partial charge in [-0.2, -0.15) is 0 Å². The predicted octanol–water partition coefficient (Wildman–Crippen LogP) is 2.03. The standard InChI is InChI=1S/C14H15NO3/c16-13(5-9-1-2-9)15-7-11-4-3-10(14(17)18)6-12(11)8-15/h3-4,6,9H,1-2,5,7-8H2,(H,17,18). The number of amides is 1. The van der Waals surface area contributed by atoms with Crippen LogP contribution in [0.15, 0.2) is 18.2 Å². The van der Waals surface area contributed by atoms with Crippen molar-refractivity contribution in [3.05, 3.63) is 34.9 Å². The monoisotopic (exact) mass is 245 g/mol. The highest BCUT2D eigenvalue weighted by atomic mass is 16.4. The molecule has 3 rings (SSSR count). The summed E-state index contributed by atoms with van der Waals surface area (Å²) in [6.07, 6.45) is 3.01. The van der Waals surface area contributed by atoms with E-state index in [0.29, 0.717) is 31.0 Å². The quantitative estimate of drug-likeness (QED) is 0.886. The molecule has 94 valence electrons. The Morgan fingerprint density at radius 2 is 1.94 bits per heavy atom. The van der Waals surface area contributed by atoms with Crippen LogP contribution in [0.4, 0.5) is 0 Å². The second kappa shape index (κ2) is 4.12. The summed E-state index contributed by atoms with van der Waals surface area (Å²) in [5, 5.41) is 8.94. The number of carboxylic acids is 1. The molecule has 0 radical (unpaired) electrons. The molecule has 0 atom stereocenters. The molecular formula is C14H15NO3. The Balaban J connectivity index is 1.73. The number of hydrogen-bond donors (Lipinski definition) is 1. The van der Waals surface area contributed by atoms with Crippen LogP contribution in [0.2, 0.25) is 0 Å². The molecule has 4 nitrogen and oxygen atoms in total. The maximum absolute atomic E-state index is 12.0. The molecule has 1 heterocycles. The van der Waals surface area contributed by atoms with Crippen LogP contribution in [0.3, 0.4) is 0 Å². The fourth-order valence-corrected chi connectivity index (χ4v) is 2.40. The van der Waals surface area contributed by atoms with Gasteiger partial charge in [0, 0.05) is 19.5 Å². The van der Waals surface area contributed by atoms with Crippen LogP contribution in [-0.4, -0.2) is 21.9 Å². The van der Waals surface area contributed by atoms with Crippen molar-refractivity contribution in [3.63, 3.8) is 0 Å². The molecule has 1 saturated carbocycles. The van der Waals surface area contributed by atoms with Crippen molar-refractivity contribution >= 4 is 11.9 Å². The summed E-state index contributed by atoms with van der Waals surface area (Å²) >= 11 is 0. The number of hydrogen-bond acceptors (Lipinski definition) is 2. The normalized spacial score (nSPS) is 17.7. The third-order valence-corrected chi connectivity index (χ3v) is 3.69. The van der Waals surface area contributed by atoms with Crippen LogP contribution in [-0.2, 0) is 17.9 Å². The van der Waals surface area contributed by atoms with E-state index in [9.17, 15) is 9.59 Å². The fraction of sp³-hybridized carbons (Fsp3) is 0.429. The fourth-order valence-electron chi connectivity index (χ4n) is 2.40. The molecule has 1 aromatic rings. The number of fused-ring (bicyclic) bond motifs is 1. The highest BCUT2D eigenvalue weighted by molar-refractivity contribution is 5.88. The number of carboxylic acid groups (broad SMARTS) is 1. The van der Waals surface area contributed by atoms with Crippen molar-refractivity contribution in [2.24, 2.45) is 5.92 Å². The SMILES string of the molecule is O=C(O)c1ccc2c(c1)CN(C(=O)CC1CC1)C2. The van der Waals surface area contributed by atoms with Gasteiger partial charge in [-0.05, 0) is 42.0 Å². The molecule has 0 bridgehead atoms. The van der Waals surface area contributed by atoms with Crippen molar-refractivity contribution in [1.29, 1.82) is 0 Å². The predicted molar refractivity (Wildman–Crippen MR) is 65.0 cm³/mol. The van der Waals surface area contributed by atoms with Gasteiger partial charge in [-0.15, -0.1) is 0 Å². The van der Waals surface area contributed by atoms with E-state index in [2.05, 4.69) is 0 Å². The molecule has 1 fully saturated rings. The van der Waals surface area contributed by atoms with Gasteiger partial charge in [-0.3, -0.25) is 4.79 Å². The highest BCUT2D eigenvalue weighted by Crippen LogP contribution is 2.34. The van der Waals surface area contributed by atoms with Crippen molar-refractivity contribution < 1.29 is 14.7 Å². The van der Waals surface area contributed by atoms with E-state index in [4.69, 9.17) is 5.11 Å². The Bertz CT molecular complexity index is 520. The van der Waals surface area contributed by atoms with Crippen LogP contribution in [0.1, 0.15) is 40.7 Å². The maximum atomic E-state index is 12.0. The minimum absolute atomic E-state index is 0.200. The first-order valence-electron chi connectivity index (χ1n) is 6.26. The molecule has 4 heteroatoms. The van der Waals surface area contributed by atoms with Gasteiger partial charge in [0.05, 0.1) is 5.56 Å². The topological polar surface area (TPSA) is 57.6 Å². The average Bonchev–Trinajstić information content (AvgIpc) is 3.04. The molecule has 1 aliphatic heterocycles. The van der Waals surface area contributed by atoms with Crippen LogP contribution in [0, 0.1) is 5.92 Å². The Labute approximate surface area is 105 Å². The number of nitrogens with zero attached hydrogens (tertiary/aromatic N) is 1. The Morgan fingerprint density at radius 3 is 2.61 bits per heavy atom. The van der Waals surface area contributed by atoms with Crippen LogP contribution in [0.5, 0.6) is 0 Å². The Morgan fingerprint density at radius 1 is 1.22 bits per heavy atom. The summed E-state index contributed by atoms with van der Waals surface area (Å²) in [7, 11) is 0. The van der Waals surface area contributed by atoms with Gasteiger partial charge < -0.3 is 10.0 Å². The lowest BCUT2D eigenvalue weighted by molar-refractivity contribution is -0.132. The molecule has 1 N–H and O–H groups in total. The first-order chi connectivity index (χ1) is 8.63. The molecule has 18 heavy (non-hydrogen) atoms. The maximum Gasteiger partial charge on any atom is 0.335 e. The van der Waals surface area contributed by atoms with Gasteiger partial charge in [0.15, 0.2) is 0 Å². The first kappa shape index (κ1) is 11.3. The lowest BCUT2D eigenvalue weighted by Gasteiger charge is -2.14. The van der Waals surface area contributed by atoms with E-state index in [1.54, 1.807) is 12.1 Å². The number of carbonyl (C=O) groups is 2. The van der Waals surface area contributed by atoms with Crippen LogP contribution < -0.4 is 0 Å². The minimum Gasteiger partial charge on any atom is -0.478 e. The molecule has 1 aromatic carbocycles.